The maximum Gasteiger partial charge on any atom is 0.410 e. The minimum absolute atomic E-state index is 0.125. The topological polar surface area (TPSA) is 157 Å². The highest BCUT2D eigenvalue weighted by atomic mass is 32.2. The van der Waals surface area contributed by atoms with Crippen molar-refractivity contribution in [3.63, 3.8) is 0 Å². The van der Waals surface area contributed by atoms with Crippen molar-refractivity contribution >= 4 is 51.7 Å². The molecule has 14 nitrogen and oxygen atoms in total. The first-order chi connectivity index (χ1) is 22.4. The van der Waals surface area contributed by atoms with E-state index in [-0.39, 0.29) is 30.8 Å². The van der Waals surface area contributed by atoms with Gasteiger partial charge in [0.05, 0.1) is 20.9 Å². The van der Waals surface area contributed by atoms with Crippen molar-refractivity contribution in [2.45, 2.75) is 36.2 Å². The molecule has 0 bridgehead atoms. The maximum absolute atomic E-state index is 12.6. The molecule has 0 saturated carbocycles. The van der Waals surface area contributed by atoms with E-state index in [1.165, 1.54) is 0 Å². The molecule has 47 heavy (non-hydrogen) atoms. The molecule has 0 spiro atoms. The van der Waals surface area contributed by atoms with Crippen LogP contribution >= 0.6 is 0 Å². The third kappa shape index (κ3) is 7.71. The molecule has 2 saturated heterocycles. The number of rotatable bonds is 4. The maximum atomic E-state index is 12.6. The Morgan fingerprint density at radius 1 is 0.681 bits per heavy atom. The third-order valence-electron chi connectivity index (χ3n) is 7.78. The molecule has 2 aromatic carbocycles. The van der Waals surface area contributed by atoms with Gasteiger partial charge >= 0.3 is 6.09 Å². The number of carbonyl (C=O) groups excluding carboxylic acids is 5. The van der Waals surface area contributed by atoms with Gasteiger partial charge in [-0.3, -0.25) is 19.2 Å². The fraction of sp³-hybridized carbons (Fsp3) is 0.452. The second kappa shape index (κ2) is 14.3. The van der Waals surface area contributed by atoms with Crippen LogP contribution in [0.2, 0.25) is 0 Å². The first-order valence-corrected chi connectivity index (χ1v) is 17.5. The molecule has 4 aliphatic heterocycles. The molecule has 4 aliphatic rings. The lowest BCUT2D eigenvalue weighted by atomic mass is 10.2. The van der Waals surface area contributed by atoms with Crippen LogP contribution < -0.4 is 5.32 Å². The number of hydrogen-bond donors (Lipinski definition) is 1. The first-order valence-electron chi connectivity index (χ1n) is 15.3. The molecule has 4 heterocycles. The molecule has 0 radical (unpaired) electrons. The Balaban J connectivity index is 0.000000193. The largest absolute Gasteiger partial charge is 0.444 e. The Kier molecular flexibility index (Phi) is 10.4. The average molecular weight is 687 g/mol. The van der Waals surface area contributed by atoms with Crippen LogP contribution in [0.15, 0.2) is 58.3 Å². The quantitative estimate of drug-likeness (QED) is 0.493. The standard InChI is InChI=1S/C18H23N3O5S.C13H15N3O3S/c1-18(2,3)26-17(24)20-10-8-19(9-11-20)15(22)12-21-16(23)13-6-4-5-7-14(13)27(21)25;17-12(15-7-5-14-6-8-15)9-16-13(18)10-3-1-2-4-11(10)20(16)19/h4-7H,8-12H2,1-3H3;1-4,14H,5-9H2. The van der Waals surface area contributed by atoms with Crippen LogP contribution in [-0.4, -0.2) is 132 Å². The fourth-order valence-corrected chi connectivity index (χ4v) is 7.84. The minimum atomic E-state index is -1.66. The Bertz CT molecular complexity index is 1540. The van der Waals surface area contributed by atoms with Crippen molar-refractivity contribution in [1.82, 2.24) is 28.6 Å². The summed E-state index contributed by atoms with van der Waals surface area (Å²) < 4.78 is 32.3. The number of benzene rings is 2. The van der Waals surface area contributed by atoms with E-state index < -0.39 is 39.6 Å². The predicted octanol–water partition coefficient (Wildman–Crippen LogP) is 0.841. The van der Waals surface area contributed by atoms with Crippen molar-refractivity contribution in [1.29, 1.82) is 0 Å². The number of nitrogens with zero attached hydrogens (tertiary/aromatic N) is 5. The van der Waals surface area contributed by atoms with E-state index in [2.05, 4.69) is 5.32 Å². The summed E-state index contributed by atoms with van der Waals surface area (Å²) in [4.78, 5) is 67.1. The summed E-state index contributed by atoms with van der Waals surface area (Å²) in [7, 11) is -3.23. The van der Waals surface area contributed by atoms with Gasteiger partial charge in [0.15, 0.2) is 22.0 Å². The molecular weight excluding hydrogens is 649 g/mol. The second-order valence-electron chi connectivity index (χ2n) is 12.2. The van der Waals surface area contributed by atoms with E-state index in [9.17, 15) is 32.4 Å². The molecule has 252 valence electrons. The van der Waals surface area contributed by atoms with Gasteiger partial charge in [-0.2, -0.15) is 0 Å². The van der Waals surface area contributed by atoms with Crippen LogP contribution in [0.1, 0.15) is 41.5 Å². The van der Waals surface area contributed by atoms with Gasteiger partial charge in [-0.25, -0.2) is 21.8 Å². The van der Waals surface area contributed by atoms with Gasteiger partial charge in [0, 0.05) is 52.4 Å². The zero-order valence-electron chi connectivity index (χ0n) is 26.5. The van der Waals surface area contributed by atoms with E-state index in [4.69, 9.17) is 4.74 Å². The Morgan fingerprint density at radius 3 is 1.51 bits per heavy atom. The molecule has 16 heteroatoms. The normalized spacial score (nSPS) is 20.8. The Labute approximate surface area is 278 Å². The smallest absolute Gasteiger partial charge is 0.410 e. The van der Waals surface area contributed by atoms with E-state index in [1.807, 2.05) is 0 Å². The highest BCUT2D eigenvalue weighted by Gasteiger charge is 2.38. The van der Waals surface area contributed by atoms with Crippen LogP contribution in [0.4, 0.5) is 4.79 Å². The van der Waals surface area contributed by atoms with Gasteiger partial charge in [-0.1, -0.05) is 24.3 Å². The molecule has 0 aliphatic carbocycles. The van der Waals surface area contributed by atoms with E-state index in [1.54, 1.807) is 84.0 Å². The molecule has 2 aromatic rings. The van der Waals surface area contributed by atoms with Gasteiger partial charge < -0.3 is 24.8 Å². The van der Waals surface area contributed by atoms with Crippen molar-refractivity contribution < 1.29 is 37.1 Å². The highest BCUT2D eigenvalue weighted by Crippen LogP contribution is 2.27. The van der Waals surface area contributed by atoms with Gasteiger partial charge in [0.25, 0.3) is 11.8 Å². The summed E-state index contributed by atoms with van der Waals surface area (Å²) in [5.41, 5.74) is 0.233. The molecular formula is C31H38N6O8S2. The molecule has 2 fully saturated rings. The molecule has 1 N–H and O–H groups in total. The Morgan fingerprint density at radius 2 is 1.09 bits per heavy atom. The molecule has 5 amide bonds. The molecule has 2 unspecified atom stereocenters. The van der Waals surface area contributed by atoms with Crippen LogP contribution in [-0.2, 0) is 36.3 Å². The van der Waals surface area contributed by atoms with Crippen LogP contribution in [0.25, 0.3) is 0 Å². The van der Waals surface area contributed by atoms with E-state index in [0.29, 0.717) is 60.2 Å². The Hall–Kier alpha value is -4.15. The van der Waals surface area contributed by atoms with Crippen LogP contribution in [0.5, 0.6) is 0 Å². The summed E-state index contributed by atoms with van der Waals surface area (Å²) in [6.07, 6.45) is -0.402. The monoisotopic (exact) mass is 686 g/mol. The summed E-state index contributed by atoms with van der Waals surface area (Å²) in [6.45, 7) is 9.20. The third-order valence-corrected chi connectivity index (χ3v) is 10.6. The molecule has 0 aromatic heterocycles. The summed E-state index contributed by atoms with van der Waals surface area (Å²) in [5, 5.41) is 3.16. The van der Waals surface area contributed by atoms with Crippen molar-refractivity contribution in [3.05, 3.63) is 59.7 Å². The summed E-state index contributed by atoms with van der Waals surface area (Å²) in [6, 6.07) is 13.4. The van der Waals surface area contributed by atoms with Crippen molar-refractivity contribution in [3.8, 4) is 0 Å². The lowest BCUT2D eigenvalue weighted by Crippen LogP contribution is -2.53. The summed E-state index contributed by atoms with van der Waals surface area (Å²) >= 11 is 0. The number of nitrogens with one attached hydrogen (secondary N) is 1. The molecule has 6 rings (SSSR count). The lowest BCUT2D eigenvalue weighted by molar-refractivity contribution is -0.133. The second-order valence-corrected chi connectivity index (χ2v) is 14.9. The van der Waals surface area contributed by atoms with Gasteiger partial charge in [-0.15, -0.1) is 0 Å². The number of fused-ring (bicyclic) bond motifs is 2. The van der Waals surface area contributed by atoms with Crippen molar-refractivity contribution in [2.24, 2.45) is 0 Å². The SMILES string of the molecule is CC(C)(C)OC(=O)N1CCN(C(=O)CN2C(=O)c3ccccc3S2=O)CC1.O=C(CN1C(=O)c2ccccc2S1=O)N1CCNCC1. The lowest BCUT2D eigenvalue weighted by Gasteiger charge is -2.36. The number of ether oxygens (including phenoxy) is 1. The van der Waals surface area contributed by atoms with Gasteiger partial charge in [0.2, 0.25) is 11.8 Å². The summed E-state index contributed by atoms with van der Waals surface area (Å²) in [5.74, 6) is -1.17. The van der Waals surface area contributed by atoms with Crippen LogP contribution in [0.3, 0.4) is 0 Å². The number of amides is 5. The minimum Gasteiger partial charge on any atom is -0.444 e. The zero-order valence-corrected chi connectivity index (χ0v) is 28.1. The highest BCUT2D eigenvalue weighted by molar-refractivity contribution is 7.84. The van der Waals surface area contributed by atoms with Crippen LogP contribution in [0, 0.1) is 0 Å². The first kappa shape index (κ1) is 34.2. The number of carbonyl (C=O) groups is 5. The number of piperazine rings is 2. The van der Waals surface area contributed by atoms with E-state index in [0.717, 1.165) is 21.7 Å². The zero-order chi connectivity index (χ0) is 33.9. The van der Waals surface area contributed by atoms with E-state index >= 15 is 0 Å². The van der Waals surface area contributed by atoms with Crippen molar-refractivity contribution in [2.75, 3.05) is 65.4 Å². The number of hydrogen-bond acceptors (Lipinski definition) is 9. The van der Waals surface area contributed by atoms with Gasteiger partial charge in [-0.05, 0) is 45.0 Å². The predicted molar refractivity (Wildman–Crippen MR) is 172 cm³/mol. The van der Waals surface area contributed by atoms with Gasteiger partial charge in [0.1, 0.15) is 18.7 Å². The fourth-order valence-electron chi connectivity index (χ4n) is 5.33. The average Bonchev–Trinajstić information content (AvgIpc) is 3.45. The molecule has 2 atom stereocenters.